The van der Waals surface area contributed by atoms with Crippen LogP contribution in [-0.2, 0) is 0 Å². The Morgan fingerprint density at radius 1 is 0.826 bits per heavy atom. The summed E-state index contributed by atoms with van der Waals surface area (Å²) in [4.78, 5) is 28.3. The topological polar surface area (TPSA) is 40.6 Å². The maximum atomic E-state index is 12.2. The number of nitrogens with zero attached hydrogens (tertiary/aromatic N) is 2. The number of imide groups is 1. The fraction of sp³-hybridized carbons (Fsp3) is 0.579. The van der Waals surface area contributed by atoms with Gasteiger partial charge < -0.3 is 4.90 Å². The molecule has 1 heterocycles. The highest BCUT2D eigenvalue weighted by Crippen LogP contribution is 2.22. The quantitative estimate of drug-likeness (QED) is 0.489. The molecular weight excluding hydrogens is 288 g/mol. The summed E-state index contributed by atoms with van der Waals surface area (Å²) in [6.07, 6.45) is 5.60. The van der Waals surface area contributed by atoms with Crippen LogP contribution in [0.3, 0.4) is 0 Å². The zero-order valence-electron chi connectivity index (χ0n) is 14.4. The van der Waals surface area contributed by atoms with Crippen molar-refractivity contribution < 1.29 is 9.59 Å². The molecule has 2 amide bonds. The van der Waals surface area contributed by atoms with Gasteiger partial charge >= 0.3 is 0 Å². The zero-order chi connectivity index (χ0) is 16.7. The van der Waals surface area contributed by atoms with Gasteiger partial charge in [-0.1, -0.05) is 45.2 Å². The lowest BCUT2D eigenvalue weighted by Gasteiger charge is -2.17. The summed E-state index contributed by atoms with van der Waals surface area (Å²) in [5.41, 5.74) is 1.11. The van der Waals surface area contributed by atoms with Gasteiger partial charge in [0.2, 0.25) is 0 Å². The van der Waals surface area contributed by atoms with Gasteiger partial charge in [0.25, 0.3) is 11.8 Å². The summed E-state index contributed by atoms with van der Waals surface area (Å²) in [6, 6.07) is 7.10. The maximum Gasteiger partial charge on any atom is 0.261 e. The average Bonchev–Trinajstić information content (AvgIpc) is 2.82. The van der Waals surface area contributed by atoms with Crippen LogP contribution in [0.1, 0.15) is 66.7 Å². The number of carbonyl (C=O) groups is 2. The predicted molar refractivity (Wildman–Crippen MR) is 92.7 cm³/mol. The predicted octanol–water partition coefficient (Wildman–Crippen LogP) is 3.57. The third-order valence-electron chi connectivity index (χ3n) is 4.63. The molecule has 0 unspecified atom stereocenters. The summed E-state index contributed by atoms with van der Waals surface area (Å²) in [7, 11) is 0. The van der Waals surface area contributed by atoms with Gasteiger partial charge in [0, 0.05) is 6.54 Å². The Bertz CT molecular complexity index is 503. The minimum absolute atomic E-state index is 0.132. The van der Waals surface area contributed by atoms with Gasteiger partial charge in [0.05, 0.1) is 11.1 Å². The van der Waals surface area contributed by atoms with Crippen LogP contribution in [0.25, 0.3) is 0 Å². The van der Waals surface area contributed by atoms with E-state index in [1.165, 1.54) is 30.7 Å². The largest absolute Gasteiger partial charge is 0.304 e. The summed E-state index contributed by atoms with van der Waals surface area (Å²) >= 11 is 0. The molecule has 23 heavy (non-hydrogen) atoms. The van der Waals surface area contributed by atoms with Gasteiger partial charge in [-0.05, 0) is 44.6 Å². The fourth-order valence-electron chi connectivity index (χ4n) is 3.12. The van der Waals surface area contributed by atoms with Crippen molar-refractivity contribution >= 4 is 11.8 Å². The smallest absolute Gasteiger partial charge is 0.261 e. The van der Waals surface area contributed by atoms with Crippen molar-refractivity contribution in [1.29, 1.82) is 0 Å². The molecule has 0 spiro atoms. The number of rotatable bonds is 10. The van der Waals surface area contributed by atoms with E-state index < -0.39 is 0 Å². The molecule has 1 aliphatic rings. The highest BCUT2D eigenvalue weighted by atomic mass is 16.2. The van der Waals surface area contributed by atoms with Crippen LogP contribution in [0.15, 0.2) is 24.3 Å². The van der Waals surface area contributed by atoms with Gasteiger partial charge in [-0.3, -0.25) is 14.5 Å². The number of fused-ring (bicyclic) bond motifs is 1. The van der Waals surface area contributed by atoms with Crippen LogP contribution < -0.4 is 0 Å². The molecule has 0 radical (unpaired) electrons. The zero-order valence-corrected chi connectivity index (χ0v) is 14.4. The number of carbonyl (C=O) groups excluding carboxylic acids is 2. The van der Waals surface area contributed by atoms with Crippen molar-refractivity contribution in [3.8, 4) is 0 Å². The van der Waals surface area contributed by atoms with Crippen LogP contribution in [0.4, 0.5) is 0 Å². The van der Waals surface area contributed by atoms with E-state index in [0.717, 1.165) is 25.9 Å². The van der Waals surface area contributed by atoms with Gasteiger partial charge in [0.1, 0.15) is 0 Å². The van der Waals surface area contributed by atoms with E-state index in [1.807, 2.05) is 12.1 Å². The lowest BCUT2D eigenvalue weighted by molar-refractivity contribution is 0.0651. The molecule has 0 N–H and O–H groups in total. The van der Waals surface area contributed by atoms with Crippen molar-refractivity contribution in [3.63, 3.8) is 0 Å². The molecule has 4 heteroatoms. The van der Waals surface area contributed by atoms with Gasteiger partial charge in [-0.15, -0.1) is 0 Å². The molecule has 0 bridgehead atoms. The lowest BCUT2D eigenvalue weighted by atomic mass is 10.1. The number of benzene rings is 1. The van der Waals surface area contributed by atoms with Crippen molar-refractivity contribution in [1.82, 2.24) is 9.80 Å². The highest BCUT2D eigenvalue weighted by molar-refractivity contribution is 6.21. The Morgan fingerprint density at radius 2 is 1.35 bits per heavy atom. The Hall–Kier alpha value is -1.68. The monoisotopic (exact) mass is 316 g/mol. The van der Waals surface area contributed by atoms with Crippen LogP contribution in [0, 0.1) is 0 Å². The Kier molecular flexibility index (Phi) is 6.78. The number of hydrogen-bond donors (Lipinski definition) is 0. The van der Waals surface area contributed by atoms with E-state index in [4.69, 9.17) is 0 Å². The van der Waals surface area contributed by atoms with Crippen LogP contribution in [-0.4, -0.2) is 47.8 Å². The second-order valence-electron chi connectivity index (χ2n) is 6.10. The normalized spacial score (nSPS) is 14.0. The molecule has 1 aromatic rings. The summed E-state index contributed by atoms with van der Waals surface area (Å²) in [5, 5.41) is 0. The number of unbranched alkanes of at least 4 members (excludes halogenated alkanes) is 4. The Morgan fingerprint density at radius 3 is 1.91 bits per heavy atom. The summed E-state index contributed by atoms with van der Waals surface area (Å²) in [6.45, 7) is 8.36. The second kappa shape index (κ2) is 8.82. The van der Waals surface area contributed by atoms with E-state index >= 15 is 0 Å². The molecule has 2 rings (SSSR count). The Labute approximate surface area is 139 Å². The minimum atomic E-state index is -0.132. The maximum absolute atomic E-state index is 12.2. The molecule has 1 aromatic carbocycles. The molecule has 0 aliphatic carbocycles. The summed E-state index contributed by atoms with van der Waals surface area (Å²) in [5.74, 6) is -0.265. The molecular formula is C19H28N2O2. The van der Waals surface area contributed by atoms with E-state index in [2.05, 4.69) is 18.7 Å². The highest BCUT2D eigenvalue weighted by Gasteiger charge is 2.34. The van der Waals surface area contributed by atoms with Crippen molar-refractivity contribution in [3.05, 3.63) is 35.4 Å². The third kappa shape index (κ3) is 4.41. The van der Waals surface area contributed by atoms with Gasteiger partial charge in [-0.25, -0.2) is 0 Å². The SMILES string of the molecule is CCN(CC)CCCCCCCN1C(=O)c2ccccc2C1=O. The van der Waals surface area contributed by atoms with E-state index in [9.17, 15) is 9.59 Å². The molecule has 0 atom stereocenters. The van der Waals surface area contributed by atoms with Gasteiger partial charge in [-0.2, -0.15) is 0 Å². The summed E-state index contributed by atoms with van der Waals surface area (Å²) < 4.78 is 0. The van der Waals surface area contributed by atoms with Crippen LogP contribution in [0.2, 0.25) is 0 Å². The molecule has 0 fully saturated rings. The molecule has 126 valence electrons. The second-order valence-corrected chi connectivity index (χ2v) is 6.10. The van der Waals surface area contributed by atoms with Crippen molar-refractivity contribution in [2.24, 2.45) is 0 Å². The average molecular weight is 316 g/mol. The molecule has 0 saturated carbocycles. The standard InChI is InChI=1S/C19H28N2O2/c1-3-20(4-2)14-10-6-5-7-11-15-21-18(22)16-12-8-9-13-17(16)19(21)23/h8-9,12-13H,3-7,10-11,14-15H2,1-2H3. The first-order valence-corrected chi connectivity index (χ1v) is 8.86. The Balaban J connectivity index is 1.64. The molecule has 0 saturated heterocycles. The first-order chi connectivity index (χ1) is 11.2. The van der Waals surface area contributed by atoms with E-state index in [1.54, 1.807) is 12.1 Å². The van der Waals surface area contributed by atoms with E-state index in [-0.39, 0.29) is 11.8 Å². The van der Waals surface area contributed by atoms with E-state index in [0.29, 0.717) is 17.7 Å². The molecule has 4 nitrogen and oxygen atoms in total. The molecule has 1 aliphatic heterocycles. The van der Waals surface area contributed by atoms with Gasteiger partial charge in [0.15, 0.2) is 0 Å². The first-order valence-electron chi connectivity index (χ1n) is 8.86. The minimum Gasteiger partial charge on any atom is -0.304 e. The number of hydrogen-bond acceptors (Lipinski definition) is 3. The van der Waals surface area contributed by atoms with Crippen LogP contribution >= 0.6 is 0 Å². The number of amides is 2. The van der Waals surface area contributed by atoms with Crippen LogP contribution in [0.5, 0.6) is 0 Å². The van der Waals surface area contributed by atoms with Crippen molar-refractivity contribution in [2.75, 3.05) is 26.2 Å². The fourth-order valence-corrected chi connectivity index (χ4v) is 3.12. The first kappa shape index (κ1) is 17.7. The lowest BCUT2D eigenvalue weighted by Crippen LogP contribution is -2.30. The third-order valence-corrected chi connectivity index (χ3v) is 4.63. The molecule has 0 aromatic heterocycles. The van der Waals surface area contributed by atoms with Crippen molar-refractivity contribution in [2.45, 2.75) is 46.0 Å².